The molecule has 98 valence electrons. The number of nitrogens with zero attached hydrogens (tertiary/aromatic N) is 1. The van der Waals surface area contributed by atoms with Gasteiger partial charge in [0.1, 0.15) is 0 Å². The first-order valence-corrected chi connectivity index (χ1v) is 7.48. The Morgan fingerprint density at radius 3 is 2.72 bits per heavy atom. The van der Waals surface area contributed by atoms with Crippen LogP contribution in [0, 0.1) is 0 Å². The normalized spacial score (nSPS) is 15.4. The maximum atomic E-state index is 11.5. The van der Waals surface area contributed by atoms with Crippen LogP contribution < -0.4 is 9.62 Å². The van der Waals surface area contributed by atoms with E-state index in [1.165, 1.54) is 0 Å². The number of hydrogen-bond acceptors (Lipinski definition) is 3. The van der Waals surface area contributed by atoms with Gasteiger partial charge in [-0.1, -0.05) is 0 Å². The van der Waals surface area contributed by atoms with Crippen LogP contribution in [0.3, 0.4) is 0 Å². The summed E-state index contributed by atoms with van der Waals surface area (Å²) in [5.74, 6) is 0.132. The van der Waals surface area contributed by atoms with Crippen LogP contribution in [0.25, 0.3) is 0 Å². The third kappa shape index (κ3) is 2.48. The summed E-state index contributed by atoms with van der Waals surface area (Å²) in [6, 6.07) is 5.26. The van der Waals surface area contributed by atoms with Gasteiger partial charge in [-0.25, -0.2) is 8.42 Å². The molecular formula is C12H16N2O3S. The molecule has 0 unspecified atom stereocenters. The summed E-state index contributed by atoms with van der Waals surface area (Å²) < 4.78 is 25.5. The SMILES string of the molecule is CCS(=O)(=O)Nc1ccc2c(c1)CCC(=O)N2C. The number of hydrogen-bond donors (Lipinski definition) is 1. The van der Waals surface area contributed by atoms with Crippen molar-refractivity contribution in [3.05, 3.63) is 23.8 Å². The van der Waals surface area contributed by atoms with Gasteiger partial charge in [0.2, 0.25) is 15.9 Å². The highest BCUT2D eigenvalue weighted by Gasteiger charge is 2.21. The molecule has 0 atom stereocenters. The quantitative estimate of drug-likeness (QED) is 0.900. The Morgan fingerprint density at radius 2 is 2.06 bits per heavy atom. The molecule has 1 aliphatic rings. The van der Waals surface area contributed by atoms with Crippen molar-refractivity contribution in [2.24, 2.45) is 0 Å². The Labute approximate surface area is 107 Å². The Bertz CT molecular complexity index is 581. The molecule has 0 fully saturated rings. The van der Waals surface area contributed by atoms with Crippen LogP contribution in [0.1, 0.15) is 18.9 Å². The van der Waals surface area contributed by atoms with Gasteiger partial charge in [0.15, 0.2) is 0 Å². The largest absolute Gasteiger partial charge is 0.315 e. The van der Waals surface area contributed by atoms with E-state index in [0.29, 0.717) is 18.5 Å². The molecule has 0 radical (unpaired) electrons. The fourth-order valence-electron chi connectivity index (χ4n) is 1.97. The van der Waals surface area contributed by atoms with Crippen molar-refractivity contribution in [1.29, 1.82) is 0 Å². The molecule has 0 aromatic heterocycles. The van der Waals surface area contributed by atoms with Crippen LogP contribution in [0.2, 0.25) is 0 Å². The molecular weight excluding hydrogens is 252 g/mol. The van der Waals surface area contributed by atoms with Gasteiger partial charge in [-0.3, -0.25) is 9.52 Å². The standard InChI is InChI=1S/C12H16N2O3S/c1-3-18(16,17)13-10-5-6-11-9(8-10)4-7-12(15)14(11)2/h5-6,8,13H,3-4,7H2,1-2H3. The number of carbonyl (C=O) groups excluding carboxylic acids is 1. The van der Waals surface area contributed by atoms with Crippen LogP contribution in [-0.2, 0) is 21.2 Å². The van der Waals surface area contributed by atoms with Crippen molar-refractivity contribution in [2.75, 3.05) is 22.4 Å². The Balaban J connectivity index is 2.31. The summed E-state index contributed by atoms with van der Waals surface area (Å²) >= 11 is 0. The van der Waals surface area contributed by atoms with E-state index >= 15 is 0 Å². The minimum absolute atomic E-state index is 0.0441. The minimum atomic E-state index is -3.25. The lowest BCUT2D eigenvalue weighted by atomic mass is 10.0. The molecule has 1 heterocycles. The van der Waals surface area contributed by atoms with Crippen molar-refractivity contribution < 1.29 is 13.2 Å². The summed E-state index contributed by atoms with van der Waals surface area (Å²) in [5, 5.41) is 0. The summed E-state index contributed by atoms with van der Waals surface area (Å²) in [7, 11) is -1.52. The summed E-state index contributed by atoms with van der Waals surface area (Å²) in [4.78, 5) is 13.1. The molecule has 1 aromatic carbocycles. The third-order valence-electron chi connectivity index (χ3n) is 3.08. The molecule has 1 aromatic rings. The maximum Gasteiger partial charge on any atom is 0.232 e. The van der Waals surface area contributed by atoms with E-state index in [1.807, 2.05) is 0 Å². The predicted octanol–water partition coefficient (Wildman–Crippen LogP) is 1.36. The van der Waals surface area contributed by atoms with Crippen molar-refractivity contribution in [3.8, 4) is 0 Å². The smallest absolute Gasteiger partial charge is 0.232 e. The predicted molar refractivity (Wildman–Crippen MR) is 71.3 cm³/mol. The van der Waals surface area contributed by atoms with E-state index in [1.54, 1.807) is 37.1 Å². The number of fused-ring (bicyclic) bond motifs is 1. The lowest BCUT2D eigenvalue weighted by Gasteiger charge is -2.26. The fourth-order valence-corrected chi connectivity index (χ4v) is 2.60. The van der Waals surface area contributed by atoms with Gasteiger partial charge in [0, 0.05) is 24.8 Å². The van der Waals surface area contributed by atoms with Crippen LogP contribution in [-0.4, -0.2) is 27.1 Å². The lowest BCUT2D eigenvalue weighted by Crippen LogP contribution is -2.31. The van der Waals surface area contributed by atoms with Crippen molar-refractivity contribution in [2.45, 2.75) is 19.8 Å². The third-order valence-corrected chi connectivity index (χ3v) is 4.38. The molecule has 5 nitrogen and oxygen atoms in total. The van der Waals surface area contributed by atoms with Crippen LogP contribution in [0.15, 0.2) is 18.2 Å². The zero-order valence-electron chi connectivity index (χ0n) is 10.4. The van der Waals surface area contributed by atoms with Crippen LogP contribution in [0.4, 0.5) is 11.4 Å². The molecule has 2 rings (SSSR count). The molecule has 18 heavy (non-hydrogen) atoms. The number of aryl methyl sites for hydroxylation is 1. The van der Waals surface area contributed by atoms with Crippen LogP contribution in [0.5, 0.6) is 0 Å². The zero-order chi connectivity index (χ0) is 13.3. The number of sulfonamides is 1. The zero-order valence-corrected chi connectivity index (χ0v) is 11.3. The lowest BCUT2D eigenvalue weighted by molar-refractivity contribution is -0.118. The van der Waals surface area contributed by atoms with Gasteiger partial charge in [-0.2, -0.15) is 0 Å². The Kier molecular flexibility index (Phi) is 3.30. The van der Waals surface area contributed by atoms with Gasteiger partial charge in [0.05, 0.1) is 5.75 Å². The molecule has 0 aliphatic carbocycles. The maximum absolute atomic E-state index is 11.5. The van der Waals surface area contributed by atoms with Crippen molar-refractivity contribution in [1.82, 2.24) is 0 Å². The first kappa shape index (κ1) is 12.9. The highest BCUT2D eigenvalue weighted by atomic mass is 32.2. The van der Waals surface area contributed by atoms with E-state index in [4.69, 9.17) is 0 Å². The monoisotopic (exact) mass is 268 g/mol. The summed E-state index contributed by atoms with van der Waals surface area (Å²) in [6.45, 7) is 1.59. The first-order chi connectivity index (χ1) is 8.43. The highest BCUT2D eigenvalue weighted by molar-refractivity contribution is 7.92. The molecule has 6 heteroatoms. The topological polar surface area (TPSA) is 66.5 Å². The fraction of sp³-hybridized carbons (Fsp3) is 0.417. The molecule has 0 saturated carbocycles. The second-order valence-corrected chi connectivity index (χ2v) is 6.31. The van der Waals surface area contributed by atoms with Crippen LogP contribution >= 0.6 is 0 Å². The minimum Gasteiger partial charge on any atom is -0.315 e. The average Bonchev–Trinajstić information content (AvgIpc) is 2.34. The number of rotatable bonds is 3. The van der Waals surface area contributed by atoms with E-state index in [2.05, 4.69) is 4.72 Å². The number of benzene rings is 1. The Morgan fingerprint density at radius 1 is 1.33 bits per heavy atom. The number of anilines is 2. The molecule has 0 bridgehead atoms. The van der Waals surface area contributed by atoms with Gasteiger partial charge >= 0.3 is 0 Å². The summed E-state index contributed by atoms with van der Waals surface area (Å²) in [6.07, 6.45) is 1.12. The highest BCUT2D eigenvalue weighted by Crippen LogP contribution is 2.29. The van der Waals surface area contributed by atoms with E-state index < -0.39 is 10.0 Å². The van der Waals surface area contributed by atoms with E-state index in [0.717, 1.165) is 11.3 Å². The molecule has 1 N–H and O–H groups in total. The molecule has 0 saturated heterocycles. The summed E-state index contributed by atoms with van der Waals surface area (Å²) in [5.41, 5.74) is 2.40. The van der Waals surface area contributed by atoms with E-state index in [-0.39, 0.29) is 11.7 Å². The average molecular weight is 268 g/mol. The molecule has 0 spiro atoms. The molecule has 1 amide bonds. The number of amides is 1. The van der Waals surface area contributed by atoms with Crippen molar-refractivity contribution >= 4 is 27.3 Å². The second-order valence-electron chi connectivity index (χ2n) is 4.30. The number of carbonyl (C=O) groups is 1. The van der Waals surface area contributed by atoms with Crippen molar-refractivity contribution in [3.63, 3.8) is 0 Å². The van der Waals surface area contributed by atoms with Gasteiger partial charge in [-0.15, -0.1) is 0 Å². The van der Waals surface area contributed by atoms with Gasteiger partial charge < -0.3 is 4.90 Å². The van der Waals surface area contributed by atoms with E-state index in [9.17, 15) is 13.2 Å². The second kappa shape index (κ2) is 4.61. The number of nitrogens with one attached hydrogen (secondary N) is 1. The Hall–Kier alpha value is -1.56. The van der Waals surface area contributed by atoms with Gasteiger partial charge in [0.25, 0.3) is 0 Å². The molecule has 1 aliphatic heterocycles. The first-order valence-electron chi connectivity index (χ1n) is 5.83. The van der Waals surface area contributed by atoms with Gasteiger partial charge in [-0.05, 0) is 37.1 Å².